The number of hydrogen-bond donors (Lipinski definition) is 0. The predicted molar refractivity (Wildman–Crippen MR) is 90.3 cm³/mol. The average molecular weight is 377 g/mol. The summed E-state index contributed by atoms with van der Waals surface area (Å²) in [5, 5.41) is 18.7. The van der Waals surface area contributed by atoms with Gasteiger partial charge in [0.25, 0.3) is 0 Å². The first-order valence-corrected chi connectivity index (χ1v) is 9.24. The average Bonchev–Trinajstić information content (AvgIpc) is 3.26. The maximum absolute atomic E-state index is 12.9. The molecule has 0 spiro atoms. The van der Waals surface area contributed by atoms with Crippen molar-refractivity contribution in [2.45, 2.75) is 16.1 Å². The van der Waals surface area contributed by atoms with E-state index in [9.17, 15) is 18.9 Å². The van der Waals surface area contributed by atoms with Gasteiger partial charge in [-0.3, -0.25) is 0 Å². The molecule has 1 fully saturated rings. The van der Waals surface area contributed by atoms with Gasteiger partial charge >= 0.3 is 0 Å². The molecule has 0 bridgehead atoms. The van der Waals surface area contributed by atoms with Gasteiger partial charge in [-0.15, -0.1) is 0 Å². The highest BCUT2D eigenvalue weighted by atomic mass is 35.5. The van der Waals surface area contributed by atoms with Gasteiger partial charge in [-0.1, -0.05) is 35.3 Å². The molecule has 2 atom stereocenters. The summed E-state index contributed by atoms with van der Waals surface area (Å²) in [5.74, 6) is -0.717. The largest absolute Gasteiger partial charge is 0.223 e. The fraction of sp³-hybridized carbons (Fsp3) is 0.176. The molecule has 0 N–H and O–H groups in total. The molecular formula is C17H10Cl2N2O2S. The number of benzene rings is 2. The van der Waals surface area contributed by atoms with E-state index < -0.39 is 26.4 Å². The van der Waals surface area contributed by atoms with Crippen LogP contribution in [0.2, 0.25) is 10.0 Å². The molecule has 7 heteroatoms. The molecule has 2 aromatic carbocycles. The number of nitriles is 2. The molecule has 1 aliphatic carbocycles. The highest BCUT2D eigenvalue weighted by Gasteiger charge is 2.73. The maximum Gasteiger partial charge on any atom is 0.184 e. The van der Waals surface area contributed by atoms with Gasteiger partial charge in [-0.05, 0) is 42.0 Å². The van der Waals surface area contributed by atoms with Gasteiger partial charge in [0.1, 0.15) is 5.25 Å². The molecule has 24 heavy (non-hydrogen) atoms. The summed E-state index contributed by atoms with van der Waals surface area (Å²) in [7, 11) is -3.86. The number of hydrogen-bond acceptors (Lipinski definition) is 4. The predicted octanol–water partition coefficient (Wildman–Crippen LogP) is 3.97. The molecule has 0 aromatic heterocycles. The first-order chi connectivity index (χ1) is 11.4. The van der Waals surface area contributed by atoms with E-state index in [0.29, 0.717) is 15.6 Å². The summed E-state index contributed by atoms with van der Waals surface area (Å²) < 4.78 is 25.8. The monoisotopic (exact) mass is 376 g/mol. The van der Waals surface area contributed by atoms with Crippen LogP contribution >= 0.6 is 23.2 Å². The normalized spacial score (nSPS) is 21.5. The van der Waals surface area contributed by atoms with Crippen LogP contribution in [0.4, 0.5) is 0 Å². The van der Waals surface area contributed by atoms with Crippen molar-refractivity contribution in [2.24, 2.45) is 5.41 Å². The Morgan fingerprint density at radius 1 is 0.875 bits per heavy atom. The lowest BCUT2D eigenvalue weighted by Gasteiger charge is -2.04. The molecule has 0 amide bonds. The zero-order chi connectivity index (χ0) is 17.5. The second kappa shape index (κ2) is 5.79. The highest BCUT2D eigenvalue weighted by Crippen LogP contribution is 2.63. The highest BCUT2D eigenvalue weighted by molar-refractivity contribution is 7.92. The Balaban J connectivity index is 2.09. The molecule has 2 aromatic rings. The molecule has 1 aliphatic rings. The van der Waals surface area contributed by atoms with Gasteiger partial charge in [0.05, 0.1) is 17.0 Å². The Labute approximate surface area is 149 Å². The molecule has 0 saturated heterocycles. The van der Waals surface area contributed by atoms with Gasteiger partial charge in [0.15, 0.2) is 15.3 Å². The van der Waals surface area contributed by atoms with Crippen LogP contribution in [0.5, 0.6) is 0 Å². The summed E-state index contributed by atoms with van der Waals surface area (Å²) in [4.78, 5) is 0.0447. The molecule has 120 valence electrons. The van der Waals surface area contributed by atoms with Gasteiger partial charge < -0.3 is 0 Å². The third-order valence-corrected chi connectivity index (χ3v) is 6.95. The molecule has 1 saturated carbocycles. The van der Waals surface area contributed by atoms with Gasteiger partial charge in [0.2, 0.25) is 0 Å². The molecule has 3 rings (SSSR count). The van der Waals surface area contributed by atoms with Crippen LogP contribution in [-0.4, -0.2) is 13.7 Å². The van der Waals surface area contributed by atoms with E-state index in [1.54, 1.807) is 24.3 Å². The van der Waals surface area contributed by atoms with Crippen LogP contribution < -0.4 is 0 Å². The maximum atomic E-state index is 12.9. The minimum absolute atomic E-state index is 0.0447. The van der Waals surface area contributed by atoms with Crippen molar-refractivity contribution in [3.05, 3.63) is 64.1 Å². The van der Waals surface area contributed by atoms with Crippen LogP contribution in [0.25, 0.3) is 0 Å². The zero-order valence-electron chi connectivity index (χ0n) is 12.1. The Morgan fingerprint density at radius 2 is 1.33 bits per heavy atom. The van der Waals surface area contributed by atoms with Gasteiger partial charge in [-0.2, -0.15) is 10.5 Å². The van der Waals surface area contributed by atoms with Crippen molar-refractivity contribution in [2.75, 3.05) is 0 Å². The quantitative estimate of drug-likeness (QED) is 0.811. The van der Waals surface area contributed by atoms with Crippen LogP contribution in [-0.2, 0) is 9.84 Å². The second-order valence-corrected chi connectivity index (χ2v) is 8.48. The summed E-state index contributed by atoms with van der Waals surface area (Å²) in [6.45, 7) is 0. The second-order valence-electron chi connectivity index (χ2n) is 5.54. The van der Waals surface area contributed by atoms with Crippen LogP contribution in [0.1, 0.15) is 11.5 Å². The van der Waals surface area contributed by atoms with E-state index in [2.05, 4.69) is 0 Å². The van der Waals surface area contributed by atoms with E-state index >= 15 is 0 Å². The number of nitrogens with zero attached hydrogens (tertiary/aromatic N) is 2. The zero-order valence-corrected chi connectivity index (χ0v) is 14.5. The fourth-order valence-corrected chi connectivity index (χ4v) is 5.40. The van der Waals surface area contributed by atoms with E-state index in [1.807, 2.05) is 12.1 Å². The molecule has 0 aliphatic heterocycles. The molecular weight excluding hydrogens is 367 g/mol. The van der Waals surface area contributed by atoms with Crippen molar-refractivity contribution < 1.29 is 8.42 Å². The van der Waals surface area contributed by atoms with E-state index in [-0.39, 0.29) is 4.90 Å². The minimum Gasteiger partial charge on any atom is -0.223 e. The third kappa shape index (κ3) is 2.46. The third-order valence-electron chi connectivity index (χ3n) is 4.21. The fourth-order valence-electron chi connectivity index (χ4n) is 2.95. The topological polar surface area (TPSA) is 81.7 Å². The van der Waals surface area contributed by atoms with E-state index in [0.717, 1.165) is 0 Å². The van der Waals surface area contributed by atoms with Crippen molar-refractivity contribution in [3.63, 3.8) is 0 Å². The lowest BCUT2D eigenvalue weighted by atomic mass is 10.0. The standard InChI is InChI=1S/C17H10Cl2N2O2S/c18-12-3-1-11(2-4-12)15-16(17(15,9-20)10-21)24(22,23)14-7-5-13(19)6-8-14/h1-8,15-16H/t15-,16-/m0/s1. The van der Waals surface area contributed by atoms with Crippen molar-refractivity contribution in [3.8, 4) is 12.1 Å². The lowest BCUT2D eigenvalue weighted by Crippen LogP contribution is -2.14. The molecule has 0 heterocycles. The number of rotatable bonds is 3. The van der Waals surface area contributed by atoms with Crippen molar-refractivity contribution in [1.82, 2.24) is 0 Å². The summed E-state index contributed by atoms with van der Waals surface area (Å²) in [6, 6.07) is 16.0. The summed E-state index contributed by atoms with van der Waals surface area (Å²) in [5.41, 5.74) is -1.00. The van der Waals surface area contributed by atoms with E-state index in [1.165, 1.54) is 24.3 Å². The minimum atomic E-state index is -3.86. The molecule has 0 radical (unpaired) electrons. The van der Waals surface area contributed by atoms with Crippen LogP contribution in [0, 0.1) is 28.1 Å². The Kier molecular flexibility index (Phi) is 4.05. The first-order valence-electron chi connectivity index (χ1n) is 6.94. The van der Waals surface area contributed by atoms with E-state index in [4.69, 9.17) is 23.2 Å². The van der Waals surface area contributed by atoms with Crippen molar-refractivity contribution >= 4 is 33.0 Å². The summed E-state index contributed by atoms with van der Waals surface area (Å²) >= 11 is 11.6. The van der Waals surface area contributed by atoms with Crippen molar-refractivity contribution in [1.29, 1.82) is 10.5 Å². The SMILES string of the molecule is N#CC1(C#N)[C@@H](c2ccc(Cl)cc2)[C@@H]1S(=O)(=O)c1ccc(Cl)cc1. The smallest absolute Gasteiger partial charge is 0.184 e. The number of halogens is 2. The number of sulfone groups is 1. The van der Waals surface area contributed by atoms with Gasteiger partial charge in [-0.25, -0.2) is 8.42 Å². The van der Waals surface area contributed by atoms with Crippen LogP contribution in [0.15, 0.2) is 53.4 Å². The van der Waals surface area contributed by atoms with Crippen LogP contribution in [0.3, 0.4) is 0 Å². The Hall–Kier alpha value is -2.05. The first kappa shape index (κ1) is 16.8. The summed E-state index contributed by atoms with van der Waals surface area (Å²) in [6.07, 6.45) is 0. The lowest BCUT2D eigenvalue weighted by molar-refractivity contribution is 0.591. The Bertz CT molecular complexity index is 957. The molecule has 0 unspecified atom stereocenters. The Morgan fingerprint density at radius 3 is 1.79 bits per heavy atom. The molecule has 4 nitrogen and oxygen atoms in total. The van der Waals surface area contributed by atoms with Gasteiger partial charge in [0, 0.05) is 16.0 Å².